The molecule has 1 aliphatic rings. The minimum absolute atomic E-state index is 0.177. The monoisotopic (exact) mass is 238 g/mol. The van der Waals surface area contributed by atoms with Crippen molar-refractivity contribution >= 4 is 6.03 Å². The molecule has 2 amide bonds. The molecule has 2 N–H and O–H groups in total. The van der Waals surface area contributed by atoms with Gasteiger partial charge in [0.1, 0.15) is 0 Å². The molecule has 4 nitrogen and oxygen atoms in total. The summed E-state index contributed by atoms with van der Waals surface area (Å²) in [5.74, 6) is 2.82. The Bertz CT molecular complexity index is 296. The number of rotatable bonds is 4. The third-order valence-electron chi connectivity index (χ3n) is 3.19. The third-order valence-corrected chi connectivity index (χ3v) is 3.19. The van der Waals surface area contributed by atoms with Gasteiger partial charge in [-0.05, 0) is 25.2 Å². The minimum Gasteiger partial charge on any atom is -0.381 e. The zero-order valence-corrected chi connectivity index (χ0v) is 10.8. The molecule has 1 saturated carbocycles. The van der Waals surface area contributed by atoms with E-state index in [1.165, 1.54) is 0 Å². The van der Waals surface area contributed by atoms with E-state index in [9.17, 15) is 4.79 Å². The number of methoxy groups -OCH3 is 1. The van der Waals surface area contributed by atoms with Crippen LogP contribution in [0.2, 0.25) is 0 Å². The molecule has 0 saturated heterocycles. The van der Waals surface area contributed by atoms with Crippen LogP contribution in [0.3, 0.4) is 0 Å². The smallest absolute Gasteiger partial charge is 0.315 e. The van der Waals surface area contributed by atoms with Crippen LogP contribution >= 0.6 is 0 Å². The summed E-state index contributed by atoms with van der Waals surface area (Å²) in [6.07, 6.45) is 8.49. The van der Waals surface area contributed by atoms with Gasteiger partial charge in [0.2, 0.25) is 0 Å². The van der Waals surface area contributed by atoms with Gasteiger partial charge in [-0.15, -0.1) is 6.42 Å². The van der Waals surface area contributed by atoms with Gasteiger partial charge in [-0.2, -0.15) is 0 Å². The van der Waals surface area contributed by atoms with Crippen LogP contribution in [0.5, 0.6) is 0 Å². The van der Waals surface area contributed by atoms with Crippen molar-refractivity contribution in [3.8, 4) is 12.3 Å². The molecule has 0 unspecified atom stereocenters. The zero-order valence-electron chi connectivity index (χ0n) is 10.8. The molecule has 1 fully saturated rings. The summed E-state index contributed by atoms with van der Waals surface area (Å²) in [7, 11) is 1.71. The Morgan fingerprint density at radius 1 is 1.47 bits per heavy atom. The van der Waals surface area contributed by atoms with Gasteiger partial charge >= 0.3 is 6.03 Å². The first kappa shape index (κ1) is 13.9. The van der Waals surface area contributed by atoms with Crippen LogP contribution in [-0.2, 0) is 4.74 Å². The first-order valence-electron chi connectivity index (χ1n) is 6.12. The topological polar surface area (TPSA) is 50.4 Å². The predicted octanol–water partition coefficient (Wildman–Crippen LogP) is 1.51. The first-order valence-corrected chi connectivity index (χ1v) is 6.12. The molecule has 0 aliphatic heterocycles. The molecule has 96 valence electrons. The molecule has 4 heteroatoms. The largest absolute Gasteiger partial charge is 0.381 e. The van der Waals surface area contributed by atoms with Gasteiger partial charge in [0.05, 0.1) is 12.1 Å². The average molecular weight is 238 g/mol. The van der Waals surface area contributed by atoms with Crippen LogP contribution < -0.4 is 10.6 Å². The van der Waals surface area contributed by atoms with Crippen molar-refractivity contribution in [2.75, 3.05) is 7.11 Å². The van der Waals surface area contributed by atoms with Crippen LogP contribution in [0.1, 0.15) is 33.1 Å². The Labute approximate surface area is 103 Å². The average Bonchev–Trinajstić information content (AvgIpc) is 2.73. The standard InChI is InChI=1S/C13H22N2O2/c1-5-12(9(2)3)15-13(16)14-10-6-7-11(8-10)17-4/h1,9-12H,6-8H2,2-4H3,(H2,14,15,16)/t10-,11-,12+/m1/s1. The molecule has 17 heavy (non-hydrogen) atoms. The molecule has 0 aromatic heterocycles. The van der Waals surface area contributed by atoms with E-state index >= 15 is 0 Å². The lowest BCUT2D eigenvalue weighted by Gasteiger charge is -2.19. The van der Waals surface area contributed by atoms with Crippen molar-refractivity contribution in [1.29, 1.82) is 0 Å². The number of urea groups is 1. The highest BCUT2D eigenvalue weighted by atomic mass is 16.5. The molecular weight excluding hydrogens is 216 g/mol. The highest BCUT2D eigenvalue weighted by molar-refractivity contribution is 5.75. The summed E-state index contributed by atoms with van der Waals surface area (Å²) in [4.78, 5) is 11.7. The van der Waals surface area contributed by atoms with E-state index in [-0.39, 0.29) is 30.1 Å². The molecule has 0 aromatic rings. The summed E-state index contributed by atoms with van der Waals surface area (Å²) in [5, 5.41) is 5.74. The molecule has 0 radical (unpaired) electrons. The third kappa shape index (κ3) is 4.27. The quantitative estimate of drug-likeness (QED) is 0.729. The molecule has 0 spiro atoms. The van der Waals surface area contributed by atoms with Gasteiger partial charge in [0.25, 0.3) is 0 Å². The lowest BCUT2D eigenvalue weighted by molar-refractivity contribution is 0.107. The van der Waals surface area contributed by atoms with Crippen molar-refractivity contribution in [3.63, 3.8) is 0 Å². The van der Waals surface area contributed by atoms with Crippen molar-refractivity contribution in [3.05, 3.63) is 0 Å². The minimum atomic E-state index is -0.213. The summed E-state index contributed by atoms with van der Waals surface area (Å²) in [6.45, 7) is 3.97. The second-order valence-corrected chi connectivity index (χ2v) is 4.87. The predicted molar refractivity (Wildman–Crippen MR) is 67.6 cm³/mol. The second-order valence-electron chi connectivity index (χ2n) is 4.87. The SMILES string of the molecule is C#C[C@H](NC(=O)N[C@@H]1CC[C@@H](OC)C1)C(C)C. The van der Waals surface area contributed by atoms with Gasteiger partial charge in [-0.3, -0.25) is 0 Å². The molecule has 0 heterocycles. The number of amides is 2. The fraction of sp³-hybridized carbons (Fsp3) is 0.769. The van der Waals surface area contributed by atoms with Crippen LogP contribution in [0, 0.1) is 18.3 Å². The van der Waals surface area contributed by atoms with Gasteiger partial charge < -0.3 is 15.4 Å². The van der Waals surface area contributed by atoms with Crippen molar-refractivity contribution in [2.45, 2.75) is 51.3 Å². The Morgan fingerprint density at radius 3 is 2.65 bits per heavy atom. The number of ether oxygens (including phenoxy) is 1. The molecule has 1 rings (SSSR count). The fourth-order valence-corrected chi connectivity index (χ4v) is 2.05. The number of carbonyl (C=O) groups excluding carboxylic acids is 1. The Morgan fingerprint density at radius 2 is 2.18 bits per heavy atom. The lowest BCUT2D eigenvalue weighted by atomic mass is 10.1. The highest BCUT2D eigenvalue weighted by Crippen LogP contribution is 2.21. The van der Waals surface area contributed by atoms with Crippen molar-refractivity contribution in [1.82, 2.24) is 10.6 Å². The number of carbonyl (C=O) groups is 1. The van der Waals surface area contributed by atoms with Gasteiger partial charge in [-0.25, -0.2) is 4.79 Å². The number of terminal acetylenes is 1. The van der Waals surface area contributed by atoms with E-state index in [4.69, 9.17) is 11.2 Å². The highest BCUT2D eigenvalue weighted by Gasteiger charge is 2.26. The van der Waals surface area contributed by atoms with E-state index in [1.54, 1.807) is 7.11 Å². The summed E-state index contributed by atoms with van der Waals surface area (Å²) in [5.41, 5.74) is 0. The summed E-state index contributed by atoms with van der Waals surface area (Å²) >= 11 is 0. The maximum atomic E-state index is 11.7. The fourth-order valence-electron chi connectivity index (χ4n) is 2.05. The van der Waals surface area contributed by atoms with E-state index < -0.39 is 0 Å². The van der Waals surface area contributed by atoms with Gasteiger partial charge in [-0.1, -0.05) is 19.8 Å². The summed E-state index contributed by atoms with van der Waals surface area (Å²) < 4.78 is 5.26. The maximum Gasteiger partial charge on any atom is 0.315 e. The molecule has 0 bridgehead atoms. The maximum absolute atomic E-state index is 11.7. The Balaban J connectivity index is 2.33. The van der Waals surface area contributed by atoms with Crippen molar-refractivity contribution in [2.24, 2.45) is 5.92 Å². The Hall–Kier alpha value is -1.21. The van der Waals surface area contributed by atoms with Crippen LogP contribution in [0.25, 0.3) is 0 Å². The molecule has 1 aliphatic carbocycles. The normalized spacial score (nSPS) is 25.4. The lowest BCUT2D eigenvalue weighted by Crippen LogP contribution is -2.46. The second kappa shape index (κ2) is 6.51. The van der Waals surface area contributed by atoms with Crippen LogP contribution in [-0.4, -0.2) is 31.3 Å². The van der Waals surface area contributed by atoms with E-state index in [2.05, 4.69) is 16.6 Å². The zero-order chi connectivity index (χ0) is 12.8. The molecule has 0 aromatic carbocycles. The molecule has 3 atom stereocenters. The van der Waals surface area contributed by atoms with E-state index in [0.717, 1.165) is 19.3 Å². The van der Waals surface area contributed by atoms with E-state index in [1.807, 2.05) is 13.8 Å². The van der Waals surface area contributed by atoms with Crippen molar-refractivity contribution < 1.29 is 9.53 Å². The number of nitrogens with one attached hydrogen (secondary N) is 2. The van der Waals surface area contributed by atoms with Gasteiger partial charge in [0.15, 0.2) is 0 Å². The number of hydrogen-bond donors (Lipinski definition) is 2. The Kier molecular flexibility index (Phi) is 5.30. The molecular formula is C13H22N2O2. The number of hydrogen-bond acceptors (Lipinski definition) is 2. The van der Waals surface area contributed by atoms with Crippen LogP contribution in [0.15, 0.2) is 0 Å². The summed E-state index contributed by atoms with van der Waals surface area (Å²) in [6, 6.07) is -0.191. The van der Waals surface area contributed by atoms with E-state index in [0.29, 0.717) is 0 Å². The van der Waals surface area contributed by atoms with Crippen LogP contribution in [0.4, 0.5) is 4.79 Å². The first-order chi connectivity index (χ1) is 8.06. The van der Waals surface area contributed by atoms with Gasteiger partial charge in [0, 0.05) is 13.2 Å².